The Labute approximate surface area is 86.0 Å². The molecule has 0 bridgehead atoms. The van der Waals surface area contributed by atoms with E-state index in [1.54, 1.807) is 18.0 Å². The van der Waals surface area contributed by atoms with Crippen LogP contribution in [0.1, 0.15) is 0 Å². The van der Waals surface area contributed by atoms with E-state index in [-0.39, 0.29) is 0 Å². The summed E-state index contributed by atoms with van der Waals surface area (Å²) in [4.78, 5) is 6.68. The van der Waals surface area contributed by atoms with E-state index < -0.39 is 0 Å². The van der Waals surface area contributed by atoms with Crippen LogP contribution < -0.4 is 0 Å². The molecule has 2 heterocycles. The lowest BCUT2D eigenvalue weighted by Gasteiger charge is -2.18. The Hall–Kier alpha value is -1.48. The zero-order valence-corrected chi connectivity index (χ0v) is 8.12. The van der Waals surface area contributed by atoms with Crippen molar-refractivity contribution in [3.8, 4) is 0 Å². The van der Waals surface area contributed by atoms with E-state index in [2.05, 4.69) is 11.1 Å². The van der Waals surface area contributed by atoms with Crippen molar-refractivity contribution in [3.05, 3.63) is 47.6 Å². The quantitative estimate of drug-likeness (QED) is 0.642. The lowest BCUT2D eigenvalue weighted by molar-refractivity contribution is 0.472. The summed E-state index contributed by atoms with van der Waals surface area (Å²) in [7, 11) is 0. The number of fused-ring (bicyclic) bond motifs is 2. The van der Waals surface area contributed by atoms with Crippen LogP contribution in [0.25, 0.3) is 0 Å². The van der Waals surface area contributed by atoms with Gasteiger partial charge in [-0.2, -0.15) is 0 Å². The molecule has 1 aromatic rings. The molecule has 0 radical (unpaired) electrons. The Morgan fingerprint density at radius 3 is 3.14 bits per heavy atom. The predicted molar refractivity (Wildman–Crippen MR) is 57.7 cm³/mol. The highest BCUT2D eigenvalue weighted by Crippen LogP contribution is 2.40. The van der Waals surface area contributed by atoms with Crippen LogP contribution in [0.3, 0.4) is 0 Å². The molecule has 3 heteroatoms. The Balaban J connectivity index is 2.15. The first kappa shape index (κ1) is 7.88. The summed E-state index contributed by atoms with van der Waals surface area (Å²) in [6.07, 6.45) is 5.55. The molecular weight excluding hydrogens is 194 g/mol. The van der Waals surface area contributed by atoms with Crippen LogP contribution in [0.2, 0.25) is 0 Å². The topological polar surface area (TPSA) is 21.6 Å². The van der Waals surface area contributed by atoms with Crippen molar-refractivity contribution in [2.24, 2.45) is 4.99 Å². The lowest BCUT2D eigenvalue weighted by Crippen LogP contribution is -2.07. The summed E-state index contributed by atoms with van der Waals surface area (Å²) < 4.78 is 5.32. The maximum atomic E-state index is 5.32. The molecule has 0 aromatic heterocycles. The second-order valence-corrected chi connectivity index (χ2v) is 4.05. The van der Waals surface area contributed by atoms with E-state index in [1.165, 1.54) is 4.90 Å². The molecule has 2 aliphatic rings. The van der Waals surface area contributed by atoms with E-state index in [0.717, 1.165) is 10.6 Å². The second-order valence-electron chi connectivity index (χ2n) is 2.96. The minimum absolute atomic E-state index is 0.705. The summed E-state index contributed by atoms with van der Waals surface area (Å²) in [5.74, 6) is 0.705. The van der Waals surface area contributed by atoms with E-state index in [1.807, 2.05) is 30.4 Å². The molecule has 0 aliphatic carbocycles. The fourth-order valence-corrected chi connectivity index (χ4v) is 2.31. The van der Waals surface area contributed by atoms with E-state index in [9.17, 15) is 0 Å². The van der Waals surface area contributed by atoms with Gasteiger partial charge in [0.2, 0.25) is 5.90 Å². The predicted octanol–water partition coefficient (Wildman–Crippen LogP) is 3.25. The van der Waals surface area contributed by atoms with Gasteiger partial charge in [0.15, 0.2) is 0 Å². The maximum absolute atomic E-state index is 5.32. The standard InChI is InChI=1S/C11H7NOS/c1-2-5-9-8(4-1)12-11-10(14-9)6-3-7-13-11/h1-7H. The van der Waals surface area contributed by atoms with Crippen molar-refractivity contribution in [3.63, 3.8) is 0 Å². The largest absolute Gasteiger partial charge is 0.446 e. The molecule has 1 aromatic carbocycles. The normalized spacial score (nSPS) is 17.4. The van der Waals surface area contributed by atoms with Crippen molar-refractivity contribution in [2.75, 3.05) is 0 Å². The average Bonchev–Trinajstić information content (AvgIpc) is 2.26. The number of benzene rings is 1. The van der Waals surface area contributed by atoms with Crippen LogP contribution in [-0.4, -0.2) is 5.90 Å². The molecule has 0 saturated heterocycles. The summed E-state index contributed by atoms with van der Waals surface area (Å²) in [5, 5.41) is 0. The summed E-state index contributed by atoms with van der Waals surface area (Å²) in [6.45, 7) is 0. The Morgan fingerprint density at radius 1 is 1.21 bits per heavy atom. The van der Waals surface area contributed by atoms with Gasteiger partial charge in [-0.05, 0) is 24.3 Å². The fraction of sp³-hybridized carbons (Fsp3) is 0. The van der Waals surface area contributed by atoms with Crippen molar-refractivity contribution in [2.45, 2.75) is 4.90 Å². The number of para-hydroxylation sites is 1. The zero-order valence-electron chi connectivity index (χ0n) is 7.31. The Bertz CT molecular complexity index is 474. The summed E-state index contributed by atoms with van der Waals surface area (Å²) in [6, 6.07) is 8.07. The molecule has 14 heavy (non-hydrogen) atoms. The Kier molecular flexibility index (Phi) is 1.70. The van der Waals surface area contributed by atoms with Gasteiger partial charge in [-0.15, -0.1) is 0 Å². The minimum atomic E-state index is 0.705. The molecule has 0 spiro atoms. The molecular formula is C11H7NOS. The molecule has 2 nitrogen and oxygen atoms in total. The van der Waals surface area contributed by atoms with Crippen LogP contribution in [0.15, 0.2) is 57.5 Å². The average molecular weight is 201 g/mol. The van der Waals surface area contributed by atoms with Gasteiger partial charge < -0.3 is 4.74 Å². The number of thioether (sulfide) groups is 1. The highest BCUT2D eigenvalue weighted by atomic mass is 32.2. The van der Waals surface area contributed by atoms with Crippen molar-refractivity contribution >= 4 is 23.3 Å². The number of rotatable bonds is 0. The molecule has 0 saturated carbocycles. The summed E-state index contributed by atoms with van der Waals surface area (Å²) in [5.41, 5.74) is 0.986. The van der Waals surface area contributed by atoms with Gasteiger partial charge in [0, 0.05) is 4.90 Å². The van der Waals surface area contributed by atoms with Gasteiger partial charge in [-0.25, -0.2) is 4.99 Å². The van der Waals surface area contributed by atoms with Crippen molar-refractivity contribution in [1.82, 2.24) is 0 Å². The minimum Gasteiger partial charge on any atom is -0.446 e. The first-order chi connectivity index (χ1) is 6.93. The van der Waals surface area contributed by atoms with Crippen LogP contribution in [0.5, 0.6) is 0 Å². The van der Waals surface area contributed by atoms with Gasteiger partial charge in [-0.1, -0.05) is 23.9 Å². The third kappa shape index (κ3) is 1.17. The third-order valence-corrected chi connectivity index (χ3v) is 3.12. The van der Waals surface area contributed by atoms with Gasteiger partial charge in [0.1, 0.15) is 0 Å². The molecule has 2 aliphatic heterocycles. The Morgan fingerprint density at radius 2 is 2.14 bits per heavy atom. The smallest absolute Gasteiger partial charge is 0.233 e. The SMILES string of the molecule is C1=COC2=Nc3ccccc3SC2=C1. The number of hydrogen-bond donors (Lipinski definition) is 0. The number of hydrogen-bond acceptors (Lipinski definition) is 3. The van der Waals surface area contributed by atoms with E-state index >= 15 is 0 Å². The van der Waals surface area contributed by atoms with Crippen LogP contribution in [0, 0.1) is 0 Å². The number of ether oxygens (including phenoxy) is 1. The maximum Gasteiger partial charge on any atom is 0.233 e. The van der Waals surface area contributed by atoms with Crippen LogP contribution in [-0.2, 0) is 4.74 Å². The van der Waals surface area contributed by atoms with Crippen molar-refractivity contribution < 1.29 is 4.74 Å². The second kappa shape index (κ2) is 3.03. The van der Waals surface area contributed by atoms with Crippen molar-refractivity contribution in [1.29, 1.82) is 0 Å². The monoisotopic (exact) mass is 201 g/mol. The zero-order chi connectivity index (χ0) is 9.38. The van der Waals surface area contributed by atoms with Crippen LogP contribution >= 0.6 is 11.8 Å². The molecule has 68 valence electrons. The number of nitrogens with zero attached hydrogens (tertiary/aromatic N) is 1. The first-order valence-corrected chi connectivity index (χ1v) is 5.14. The van der Waals surface area contributed by atoms with Gasteiger partial charge in [0.25, 0.3) is 0 Å². The summed E-state index contributed by atoms with van der Waals surface area (Å²) >= 11 is 1.69. The van der Waals surface area contributed by atoms with Gasteiger partial charge in [-0.3, -0.25) is 0 Å². The number of allylic oxidation sites excluding steroid dienone is 2. The van der Waals surface area contributed by atoms with Gasteiger partial charge >= 0.3 is 0 Å². The molecule has 0 fully saturated rings. The molecule has 0 N–H and O–H groups in total. The molecule has 0 atom stereocenters. The molecule has 0 amide bonds. The third-order valence-electron chi connectivity index (χ3n) is 2.02. The van der Waals surface area contributed by atoms with Crippen LogP contribution in [0.4, 0.5) is 5.69 Å². The highest BCUT2D eigenvalue weighted by Gasteiger charge is 2.19. The fourth-order valence-electron chi connectivity index (χ4n) is 1.38. The molecule has 3 rings (SSSR count). The van der Waals surface area contributed by atoms with Gasteiger partial charge in [0.05, 0.1) is 16.9 Å². The van der Waals surface area contributed by atoms with E-state index in [0.29, 0.717) is 5.90 Å². The first-order valence-electron chi connectivity index (χ1n) is 4.33. The number of aliphatic imine (C=N–C) groups is 1. The lowest BCUT2D eigenvalue weighted by atomic mass is 10.3. The molecule has 0 unspecified atom stereocenters. The van der Waals surface area contributed by atoms with E-state index in [4.69, 9.17) is 4.74 Å². The highest BCUT2D eigenvalue weighted by molar-refractivity contribution is 8.04.